The van der Waals surface area contributed by atoms with Gasteiger partial charge < -0.3 is 9.47 Å². The first kappa shape index (κ1) is 17.8. The molecule has 0 saturated carbocycles. The van der Waals surface area contributed by atoms with E-state index in [1.54, 1.807) is 13.8 Å². The second-order valence-corrected chi connectivity index (χ2v) is 3.70. The van der Waals surface area contributed by atoms with Crippen molar-refractivity contribution in [3.8, 4) is 0 Å². The second kappa shape index (κ2) is 8.82. The van der Waals surface area contributed by atoms with Gasteiger partial charge in [0.2, 0.25) is 0 Å². The first-order valence-electron chi connectivity index (χ1n) is 5.89. The molecule has 2 amide bonds. The quantitative estimate of drug-likeness (QED) is 0.176. The number of carbonyl (C=O) groups is 4. The third-order valence-corrected chi connectivity index (χ3v) is 1.92. The maximum atomic E-state index is 11.2. The number of nitrogens with two attached hydrogens (primary N) is 2. The summed E-state index contributed by atoms with van der Waals surface area (Å²) in [6, 6.07) is 0. The molecule has 0 aromatic rings. The standard InChI is InChI=1S/C10H18N4O6/c1-3-5-13(11)9(17)19-7(15)8(16)20-10(18)14(12)6-4-2/h3-6,11-12H2,1-2H3. The van der Waals surface area contributed by atoms with Crippen LogP contribution in [0, 0.1) is 0 Å². The summed E-state index contributed by atoms with van der Waals surface area (Å²) >= 11 is 0. The molecule has 0 aromatic carbocycles. The summed E-state index contributed by atoms with van der Waals surface area (Å²) in [5.41, 5.74) is 0. The Bertz CT molecular complexity index is 350. The van der Waals surface area contributed by atoms with Crippen molar-refractivity contribution < 1.29 is 28.7 Å². The number of nitrogens with zero attached hydrogens (tertiary/aromatic N) is 2. The molecule has 10 heteroatoms. The molecule has 114 valence electrons. The van der Waals surface area contributed by atoms with Crippen LogP contribution in [0.25, 0.3) is 0 Å². The lowest BCUT2D eigenvalue weighted by Gasteiger charge is -2.15. The summed E-state index contributed by atoms with van der Waals surface area (Å²) in [5, 5.41) is 1.22. The van der Waals surface area contributed by atoms with Gasteiger partial charge in [-0.1, -0.05) is 13.8 Å². The summed E-state index contributed by atoms with van der Waals surface area (Å²) in [4.78, 5) is 44.7. The van der Waals surface area contributed by atoms with Crippen molar-refractivity contribution in [1.82, 2.24) is 10.0 Å². The van der Waals surface area contributed by atoms with E-state index in [1.807, 2.05) is 0 Å². The summed E-state index contributed by atoms with van der Waals surface area (Å²) < 4.78 is 8.21. The van der Waals surface area contributed by atoms with Crippen molar-refractivity contribution in [1.29, 1.82) is 0 Å². The largest absolute Gasteiger partial charge is 0.432 e. The van der Waals surface area contributed by atoms with E-state index in [9.17, 15) is 19.2 Å². The summed E-state index contributed by atoms with van der Waals surface area (Å²) in [7, 11) is 0. The molecule has 0 aromatic heterocycles. The van der Waals surface area contributed by atoms with Crippen LogP contribution in [0.5, 0.6) is 0 Å². The average molecular weight is 290 g/mol. The van der Waals surface area contributed by atoms with Gasteiger partial charge in [-0.3, -0.25) is 0 Å². The Morgan fingerprint density at radius 2 is 1.10 bits per heavy atom. The van der Waals surface area contributed by atoms with Gasteiger partial charge in [-0.25, -0.2) is 40.9 Å². The molecule has 10 nitrogen and oxygen atoms in total. The minimum absolute atomic E-state index is 0.132. The fraction of sp³-hybridized carbons (Fsp3) is 0.600. The molecular weight excluding hydrogens is 272 g/mol. The molecule has 0 aliphatic heterocycles. The van der Waals surface area contributed by atoms with Crippen molar-refractivity contribution in [2.45, 2.75) is 26.7 Å². The Balaban J connectivity index is 4.32. The molecule has 0 bridgehead atoms. The van der Waals surface area contributed by atoms with Crippen LogP contribution < -0.4 is 11.7 Å². The summed E-state index contributed by atoms with van der Waals surface area (Å²) in [6.45, 7) is 3.75. The molecule has 0 atom stereocenters. The molecule has 0 radical (unpaired) electrons. The lowest BCUT2D eigenvalue weighted by atomic mass is 10.5. The van der Waals surface area contributed by atoms with Gasteiger partial charge in [-0.15, -0.1) is 0 Å². The van der Waals surface area contributed by atoms with Crippen LogP contribution in [0.3, 0.4) is 0 Å². The number of rotatable bonds is 4. The van der Waals surface area contributed by atoms with Crippen LogP contribution in [0.1, 0.15) is 26.7 Å². The van der Waals surface area contributed by atoms with Crippen LogP contribution in [0.15, 0.2) is 0 Å². The van der Waals surface area contributed by atoms with E-state index < -0.39 is 24.1 Å². The molecule has 0 unspecified atom stereocenters. The third-order valence-electron chi connectivity index (χ3n) is 1.92. The van der Waals surface area contributed by atoms with Crippen molar-refractivity contribution in [3.63, 3.8) is 0 Å². The summed E-state index contributed by atoms with van der Waals surface area (Å²) in [5.74, 6) is 7.14. The zero-order valence-corrected chi connectivity index (χ0v) is 11.3. The fourth-order valence-corrected chi connectivity index (χ4v) is 1.02. The molecule has 4 N–H and O–H groups in total. The molecule has 0 heterocycles. The van der Waals surface area contributed by atoms with Gasteiger partial charge >= 0.3 is 24.1 Å². The van der Waals surface area contributed by atoms with Crippen LogP contribution in [0.2, 0.25) is 0 Å². The molecule has 0 rings (SSSR count). The van der Waals surface area contributed by atoms with Crippen molar-refractivity contribution in [2.75, 3.05) is 13.1 Å². The van der Waals surface area contributed by atoms with Gasteiger partial charge in [0.15, 0.2) is 0 Å². The molecular formula is C10H18N4O6. The first-order chi connectivity index (χ1) is 9.33. The Morgan fingerprint density at radius 1 is 0.800 bits per heavy atom. The van der Waals surface area contributed by atoms with E-state index in [0.717, 1.165) is 0 Å². The maximum Gasteiger partial charge on any atom is 0.432 e. The first-order valence-corrected chi connectivity index (χ1v) is 5.89. The molecule has 20 heavy (non-hydrogen) atoms. The van der Waals surface area contributed by atoms with Crippen LogP contribution in [-0.2, 0) is 19.1 Å². The average Bonchev–Trinajstić information content (AvgIpc) is 2.38. The zero-order chi connectivity index (χ0) is 15.7. The Morgan fingerprint density at radius 3 is 1.35 bits per heavy atom. The number of hydrazine groups is 2. The fourth-order valence-electron chi connectivity index (χ4n) is 1.02. The van der Waals surface area contributed by atoms with Gasteiger partial charge in [0, 0.05) is 13.1 Å². The van der Waals surface area contributed by atoms with E-state index in [-0.39, 0.29) is 13.1 Å². The highest BCUT2D eigenvalue weighted by Gasteiger charge is 2.27. The van der Waals surface area contributed by atoms with Crippen LogP contribution in [0.4, 0.5) is 9.59 Å². The molecule has 0 saturated heterocycles. The topological polar surface area (TPSA) is 145 Å². The molecule has 0 fully saturated rings. The number of hydrogen-bond donors (Lipinski definition) is 2. The molecule has 0 aliphatic carbocycles. The smallest absolute Gasteiger partial charge is 0.366 e. The third kappa shape index (κ3) is 6.11. The zero-order valence-electron chi connectivity index (χ0n) is 11.3. The minimum atomic E-state index is -1.65. The van der Waals surface area contributed by atoms with Gasteiger partial charge in [-0.05, 0) is 12.8 Å². The Labute approximate surface area is 115 Å². The minimum Gasteiger partial charge on any atom is -0.366 e. The number of carbonyl (C=O) groups excluding carboxylic acids is 4. The highest BCUT2D eigenvalue weighted by Crippen LogP contribution is 1.95. The van der Waals surface area contributed by atoms with Crippen molar-refractivity contribution in [3.05, 3.63) is 0 Å². The van der Waals surface area contributed by atoms with E-state index in [0.29, 0.717) is 22.9 Å². The predicted octanol–water partition coefficient (Wildman–Crippen LogP) is -0.516. The second-order valence-electron chi connectivity index (χ2n) is 3.70. The Hall–Kier alpha value is -2.20. The highest BCUT2D eigenvalue weighted by atomic mass is 16.7. The van der Waals surface area contributed by atoms with Crippen LogP contribution in [-0.4, -0.2) is 47.2 Å². The maximum absolute atomic E-state index is 11.2. The number of amides is 2. The highest BCUT2D eigenvalue weighted by molar-refractivity contribution is 6.33. The Kier molecular flexibility index (Phi) is 7.85. The van der Waals surface area contributed by atoms with Gasteiger partial charge in [0.05, 0.1) is 0 Å². The lowest BCUT2D eigenvalue weighted by molar-refractivity contribution is -0.161. The van der Waals surface area contributed by atoms with E-state index in [4.69, 9.17) is 11.7 Å². The van der Waals surface area contributed by atoms with E-state index >= 15 is 0 Å². The number of ether oxygens (including phenoxy) is 2. The van der Waals surface area contributed by atoms with Crippen molar-refractivity contribution >= 4 is 24.1 Å². The normalized spacial score (nSPS) is 9.60. The van der Waals surface area contributed by atoms with Gasteiger partial charge in [0.25, 0.3) is 0 Å². The van der Waals surface area contributed by atoms with Gasteiger partial charge in [0.1, 0.15) is 0 Å². The molecule has 0 aliphatic rings. The van der Waals surface area contributed by atoms with E-state index in [2.05, 4.69) is 9.47 Å². The molecule has 0 spiro atoms. The monoisotopic (exact) mass is 290 g/mol. The SMILES string of the molecule is CCCN(N)C(=O)OC(=O)C(=O)OC(=O)N(N)CCC. The van der Waals surface area contributed by atoms with Gasteiger partial charge in [-0.2, -0.15) is 0 Å². The summed E-state index contributed by atoms with van der Waals surface area (Å²) in [6.07, 6.45) is -1.39. The number of esters is 2. The van der Waals surface area contributed by atoms with Crippen molar-refractivity contribution in [2.24, 2.45) is 11.7 Å². The lowest BCUT2D eigenvalue weighted by Crippen LogP contribution is -2.43. The number of hydrogen-bond acceptors (Lipinski definition) is 8. The van der Waals surface area contributed by atoms with Crippen LogP contribution >= 0.6 is 0 Å². The van der Waals surface area contributed by atoms with E-state index in [1.165, 1.54) is 0 Å². The predicted molar refractivity (Wildman–Crippen MR) is 65.3 cm³/mol.